The summed E-state index contributed by atoms with van der Waals surface area (Å²) in [7, 11) is -8.15. The number of nitrogens with zero attached hydrogens (tertiary/aromatic N) is 3. The van der Waals surface area contributed by atoms with Gasteiger partial charge in [-0.15, -0.1) is 5.10 Å². The van der Waals surface area contributed by atoms with Crippen LogP contribution >= 0.6 is 11.6 Å². The Morgan fingerprint density at radius 1 is 0.714 bits per heavy atom. The first-order valence-electron chi connectivity index (χ1n) is 18.6. The molecule has 0 aliphatic carbocycles. The number of aromatic nitrogens is 2. The topological polar surface area (TPSA) is 205 Å². The lowest BCUT2D eigenvalue weighted by molar-refractivity contribution is -0.384. The molecular weight excluding hydrogens is 887 g/mol. The molecule has 0 aliphatic rings. The fourth-order valence-electron chi connectivity index (χ4n) is 5.65. The minimum atomic E-state index is -4.81. The Balaban J connectivity index is 0.000000239. The summed E-state index contributed by atoms with van der Waals surface area (Å²) in [5.41, 5.74) is -1.37. The minimum Gasteiger partial charge on any atom is -0.491 e. The Labute approximate surface area is 365 Å². The standard InChI is InChI=1S/C22H20N2O5S.C21H17ClF3N3O4S/c1-15(2)16-8-11-19(12-9-16)30(28,29)23-21-13-10-18(24(26)27)14-20(21)22(25)17-6-4-3-5-7-17;1-12(2)32-15-4-6-16(7-5-15)33(30,31)28-18-8-3-14(22)10-17(18)20(29)13-9-19(21(23,24)25)27-26-11-13/h3-15,23H,1-2H3;3-12,28H,1-2H3. The van der Waals surface area contributed by atoms with Crippen molar-refractivity contribution in [1.29, 1.82) is 0 Å². The molecule has 0 atom stereocenters. The van der Waals surface area contributed by atoms with Gasteiger partial charge < -0.3 is 4.74 Å². The fourth-order valence-corrected chi connectivity index (χ4v) is 7.99. The van der Waals surface area contributed by atoms with Gasteiger partial charge in [0.1, 0.15) is 5.75 Å². The first kappa shape index (κ1) is 47.4. The lowest BCUT2D eigenvalue weighted by Gasteiger charge is -2.14. The van der Waals surface area contributed by atoms with Crippen molar-refractivity contribution in [2.75, 3.05) is 9.44 Å². The average molecular weight is 924 g/mol. The molecule has 0 aliphatic heterocycles. The molecule has 6 aromatic rings. The number of non-ortho nitro benzene ring substituents is 1. The number of sulfonamides is 2. The van der Waals surface area contributed by atoms with E-state index in [2.05, 4.69) is 19.6 Å². The van der Waals surface area contributed by atoms with Gasteiger partial charge in [-0.05, 0) is 92.1 Å². The van der Waals surface area contributed by atoms with E-state index in [-0.39, 0.29) is 55.0 Å². The van der Waals surface area contributed by atoms with Crippen molar-refractivity contribution in [3.63, 3.8) is 0 Å². The van der Waals surface area contributed by atoms with Crippen LogP contribution < -0.4 is 14.2 Å². The highest BCUT2D eigenvalue weighted by Gasteiger charge is 2.34. The number of ether oxygens (including phenoxy) is 1. The van der Waals surface area contributed by atoms with Gasteiger partial charge in [0.05, 0.1) is 44.0 Å². The molecule has 0 radical (unpaired) electrons. The Hall–Kier alpha value is -6.70. The summed E-state index contributed by atoms with van der Waals surface area (Å²) in [6, 6.07) is 27.9. The summed E-state index contributed by atoms with van der Waals surface area (Å²) in [5, 5.41) is 17.5. The van der Waals surface area contributed by atoms with Crippen LogP contribution in [0.25, 0.3) is 0 Å². The second kappa shape index (κ2) is 19.6. The zero-order chi connectivity index (χ0) is 46.3. The zero-order valence-corrected chi connectivity index (χ0v) is 36.0. The van der Waals surface area contributed by atoms with Gasteiger partial charge in [-0.1, -0.05) is 67.9 Å². The Morgan fingerprint density at radius 3 is 1.76 bits per heavy atom. The van der Waals surface area contributed by atoms with E-state index in [1.165, 1.54) is 54.6 Å². The summed E-state index contributed by atoms with van der Waals surface area (Å²) >= 11 is 5.95. The molecule has 0 fully saturated rings. The third-order valence-corrected chi connectivity index (χ3v) is 11.8. The van der Waals surface area contributed by atoms with Crippen molar-refractivity contribution in [2.45, 2.75) is 55.7 Å². The second-order valence-electron chi connectivity index (χ2n) is 14.1. The molecule has 1 aromatic heterocycles. The van der Waals surface area contributed by atoms with Crippen molar-refractivity contribution in [2.24, 2.45) is 0 Å². The molecule has 1 heterocycles. The number of nitro groups is 1. The molecule has 63 heavy (non-hydrogen) atoms. The summed E-state index contributed by atoms with van der Waals surface area (Å²) in [5.74, 6) is -0.722. The van der Waals surface area contributed by atoms with Crippen LogP contribution in [0.4, 0.5) is 30.2 Å². The number of rotatable bonds is 14. The van der Waals surface area contributed by atoms with Crippen LogP contribution in [0, 0.1) is 10.1 Å². The first-order chi connectivity index (χ1) is 29.6. The Kier molecular flexibility index (Phi) is 14.7. The van der Waals surface area contributed by atoms with E-state index in [0.29, 0.717) is 17.4 Å². The number of hydrogen-bond acceptors (Lipinski definition) is 11. The number of alkyl halides is 3. The number of nitro benzene ring substituents is 1. The quantitative estimate of drug-likeness (QED) is 0.0598. The van der Waals surface area contributed by atoms with Gasteiger partial charge in [0.25, 0.3) is 25.7 Å². The number of anilines is 2. The number of carbonyl (C=O) groups excluding carboxylic acids is 2. The van der Waals surface area contributed by atoms with Gasteiger partial charge in [0.15, 0.2) is 17.3 Å². The zero-order valence-electron chi connectivity index (χ0n) is 33.6. The minimum absolute atomic E-state index is 0.0256. The van der Waals surface area contributed by atoms with Crippen LogP contribution in [0.15, 0.2) is 137 Å². The van der Waals surface area contributed by atoms with E-state index in [4.69, 9.17) is 16.3 Å². The van der Waals surface area contributed by atoms with Crippen LogP contribution in [0.2, 0.25) is 5.02 Å². The van der Waals surface area contributed by atoms with Crippen LogP contribution in [0.5, 0.6) is 5.75 Å². The lowest BCUT2D eigenvalue weighted by Crippen LogP contribution is -2.17. The van der Waals surface area contributed by atoms with E-state index in [9.17, 15) is 49.7 Å². The first-order valence-corrected chi connectivity index (χ1v) is 21.9. The van der Waals surface area contributed by atoms with E-state index in [0.717, 1.165) is 30.0 Å². The molecule has 2 N–H and O–H groups in total. The number of hydrogen-bond donors (Lipinski definition) is 2. The number of nitrogens with one attached hydrogen (secondary N) is 2. The molecule has 20 heteroatoms. The number of benzene rings is 5. The van der Waals surface area contributed by atoms with Crippen molar-refractivity contribution in [1.82, 2.24) is 10.2 Å². The second-order valence-corrected chi connectivity index (χ2v) is 17.9. The molecule has 0 bridgehead atoms. The van der Waals surface area contributed by atoms with Gasteiger partial charge in [-0.3, -0.25) is 29.1 Å². The molecule has 0 spiro atoms. The summed E-state index contributed by atoms with van der Waals surface area (Å²) in [6.45, 7) is 7.64. The van der Waals surface area contributed by atoms with Gasteiger partial charge in [-0.25, -0.2) is 16.8 Å². The van der Waals surface area contributed by atoms with E-state index < -0.39 is 54.0 Å². The monoisotopic (exact) mass is 923 g/mol. The Morgan fingerprint density at radius 2 is 1.24 bits per heavy atom. The SMILES string of the molecule is CC(C)Oc1ccc(S(=O)(=O)Nc2ccc(Cl)cc2C(=O)c2cnnc(C(F)(F)F)c2)cc1.CC(C)c1ccc(S(=O)(=O)Nc2ccc([N+](=O)[O-])cc2C(=O)c2ccccc2)cc1. The highest BCUT2D eigenvalue weighted by Crippen LogP contribution is 2.31. The van der Waals surface area contributed by atoms with E-state index in [1.54, 1.807) is 42.5 Å². The molecule has 6 rings (SSSR count). The van der Waals surface area contributed by atoms with Gasteiger partial charge in [0, 0.05) is 33.8 Å². The van der Waals surface area contributed by atoms with Crippen molar-refractivity contribution in [3.8, 4) is 5.75 Å². The van der Waals surface area contributed by atoms with Crippen LogP contribution in [0.3, 0.4) is 0 Å². The average Bonchev–Trinajstić information content (AvgIpc) is 3.24. The van der Waals surface area contributed by atoms with Crippen molar-refractivity contribution < 1.29 is 49.3 Å². The fraction of sp³-hybridized carbons (Fsp3) is 0.163. The molecular formula is C43H37ClF3N5O9S2. The normalized spacial score (nSPS) is 11.7. The number of ketones is 2. The molecule has 5 aromatic carbocycles. The molecule has 0 amide bonds. The maximum absolute atomic E-state index is 12.9. The molecule has 0 saturated carbocycles. The number of halogens is 4. The van der Waals surface area contributed by atoms with Gasteiger partial charge >= 0.3 is 6.18 Å². The predicted molar refractivity (Wildman–Crippen MR) is 229 cm³/mol. The van der Waals surface area contributed by atoms with Crippen LogP contribution in [-0.2, 0) is 26.2 Å². The predicted octanol–water partition coefficient (Wildman–Crippen LogP) is 9.72. The van der Waals surface area contributed by atoms with Gasteiger partial charge in [0.2, 0.25) is 0 Å². The smallest absolute Gasteiger partial charge is 0.435 e. The Bertz CT molecular complexity index is 2870. The van der Waals surface area contributed by atoms with Crippen LogP contribution in [0.1, 0.15) is 76.7 Å². The highest BCUT2D eigenvalue weighted by molar-refractivity contribution is 7.93. The van der Waals surface area contributed by atoms with Crippen molar-refractivity contribution in [3.05, 3.63) is 176 Å². The maximum atomic E-state index is 12.9. The largest absolute Gasteiger partial charge is 0.491 e. The summed E-state index contributed by atoms with van der Waals surface area (Å²) in [4.78, 5) is 36.3. The summed E-state index contributed by atoms with van der Waals surface area (Å²) < 4.78 is 100. The molecule has 328 valence electrons. The third kappa shape index (κ3) is 12.2. The van der Waals surface area contributed by atoms with Gasteiger partial charge in [-0.2, -0.15) is 18.3 Å². The van der Waals surface area contributed by atoms with E-state index in [1.807, 2.05) is 27.7 Å². The molecule has 0 unspecified atom stereocenters. The maximum Gasteiger partial charge on any atom is 0.435 e. The summed E-state index contributed by atoms with van der Waals surface area (Å²) in [6.07, 6.45) is -4.06. The lowest BCUT2D eigenvalue weighted by atomic mass is 10.0. The van der Waals surface area contributed by atoms with Crippen LogP contribution in [-0.4, -0.2) is 49.6 Å². The molecule has 0 saturated heterocycles. The van der Waals surface area contributed by atoms with E-state index >= 15 is 0 Å². The molecule has 14 nitrogen and oxygen atoms in total. The third-order valence-electron chi connectivity index (χ3n) is 8.78. The van der Waals surface area contributed by atoms with Crippen molar-refractivity contribution >= 4 is 60.3 Å². The highest BCUT2D eigenvalue weighted by atomic mass is 35.5. The number of carbonyl (C=O) groups is 2.